The topological polar surface area (TPSA) is 79.4 Å². The number of sulfonamides is 1. The number of ether oxygens (including phenoxy) is 2. The molecule has 3 heterocycles. The summed E-state index contributed by atoms with van der Waals surface area (Å²) in [5, 5.41) is 1.63. The highest BCUT2D eigenvalue weighted by Gasteiger charge is 2.32. The van der Waals surface area contributed by atoms with Gasteiger partial charge in [0.1, 0.15) is 16.6 Å². The molecule has 11 heteroatoms. The number of para-hydroxylation sites is 1. The van der Waals surface area contributed by atoms with Gasteiger partial charge in [0.05, 0.1) is 5.69 Å². The van der Waals surface area contributed by atoms with E-state index in [9.17, 15) is 17.6 Å². The Hall–Kier alpha value is -3.15. The lowest BCUT2D eigenvalue weighted by molar-refractivity contribution is -0.131. The summed E-state index contributed by atoms with van der Waals surface area (Å²) in [7, 11) is -4.09. The van der Waals surface area contributed by atoms with Crippen LogP contribution in [0.3, 0.4) is 0 Å². The molecule has 2 aliphatic heterocycles. The van der Waals surface area contributed by atoms with E-state index in [0.29, 0.717) is 32.7 Å². The molecule has 0 aliphatic carbocycles. The molecule has 2 aliphatic rings. The molecule has 1 aromatic heterocycles. The van der Waals surface area contributed by atoms with Crippen LogP contribution in [-0.2, 0) is 21.4 Å². The maximum Gasteiger partial charge on any atom is 0.274 e. The van der Waals surface area contributed by atoms with Crippen LogP contribution < -0.4 is 13.8 Å². The van der Waals surface area contributed by atoms with E-state index in [1.165, 1.54) is 24.3 Å². The molecule has 35 heavy (non-hydrogen) atoms. The molecule has 1 saturated heterocycles. The molecule has 184 valence electrons. The molecule has 2 aromatic carbocycles. The summed E-state index contributed by atoms with van der Waals surface area (Å²) >= 11 is 1.03. The van der Waals surface area contributed by atoms with Gasteiger partial charge in [-0.05, 0) is 41.3 Å². The van der Waals surface area contributed by atoms with Crippen molar-refractivity contribution in [1.82, 2.24) is 9.80 Å². The Morgan fingerprint density at radius 2 is 1.77 bits per heavy atom. The van der Waals surface area contributed by atoms with Crippen LogP contribution in [0, 0.1) is 5.82 Å². The predicted molar refractivity (Wildman–Crippen MR) is 130 cm³/mol. The monoisotopic (exact) mass is 517 g/mol. The van der Waals surface area contributed by atoms with Crippen LogP contribution in [0.15, 0.2) is 64.2 Å². The Balaban J connectivity index is 1.26. The highest BCUT2D eigenvalue weighted by molar-refractivity contribution is 7.94. The van der Waals surface area contributed by atoms with E-state index < -0.39 is 22.4 Å². The van der Waals surface area contributed by atoms with Crippen LogP contribution in [0.5, 0.6) is 11.5 Å². The number of fused-ring (bicyclic) bond motifs is 1. The van der Waals surface area contributed by atoms with Gasteiger partial charge in [0.15, 0.2) is 11.5 Å². The molecular weight excluding hydrogens is 493 g/mol. The molecule has 0 unspecified atom stereocenters. The predicted octanol–water partition coefficient (Wildman–Crippen LogP) is 3.16. The van der Waals surface area contributed by atoms with Crippen LogP contribution in [0.25, 0.3) is 0 Å². The van der Waals surface area contributed by atoms with E-state index in [1.54, 1.807) is 22.4 Å². The van der Waals surface area contributed by atoms with Crippen molar-refractivity contribution >= 4 is 33.0 Å². The molecule has 0 spiro atoms. The van der Waals surface area contributed by atoms with Gasteiger partial charge < -0.3 is 14.4 Å². The largest absolute Gasteiger partial charge is 0.454 e. The zero-order valence-electron chi connectivity index (χ0n) is 18.8. The molecule has 0 radical (unpaired) electrons. The van der Waals surface area contributed by atoms with Crippen molar-refractivity contribution in [2.45, 2.75) is 10.8 Å². The van der Waals surface area contributed by atoms with Crippen molar-refractivity contribution in [3.05, 3.63) is 71.4 Å². The van der Waals surface area contributed by atoms with Crippen molar-refractivity contribution in [1.29, 1.82) is 0 Å². The SMILES string of the molecule is O=C(CN(c1ccccc1F)S(=O)(=O)c1cccs1)N1CCN(Cc2ccc3c(c2)OCO3)CC1. The van der Waals surface area contributed by atoms with Crippen LogP contribution in [0.1, 0.15) is 5.56 Å². The lowest BCUT2D eigenvalue weighted by atomic mass is 10.1. The van der Waals surface area contributed by atoms with Crippen molar-refractivity contribution in [3.8, 4) is 11.5 Å². The molecule has 0 saturated carbocycles. The summed E-state index contributed by atoms with van der Waals surface area (Å²) in [6, 6.07) is 14.5. The van der Waals surface area contributed by atoms with Gasteiger partial charge in [0.2, 0.25) is 12.7 Å². The summed E-state index contributed by atoms with van der Waals surface area (Å²) in [4.78, 5) is 17.0. The molecule has 3 aromatic rings. The fourth-order valence-corrected chi connectivity index (χ4v) is 6.67. The van der Waals surface area contributed by atoms with Crippen LogP contribution in [-0.4, -0.2) is 63.6 Å². The van der Waals surface area contributed by atoms with Gasteiger partial charge in [0, 0.05) is 32.7 Å². The summed E-state index contributed by atoms with van der Waals surface area (Å²) in [6.07, 6.45) is 0. The first kappa shape index (κ1) is 23.6. The second-order valence-corrected chi connectivity index (χ2v) is 11.3. The maximum atomic E-state index is 14.6. The number of nitrogens with zero attached hydrogens (tertiary/aromatic N) is 3. The summed E-state index contributed by atoms with van der Waals surface area (Å²) in [5.74, 6) is 0.405. The molecule has 0 N–H and O–H groups in total. The van der Waals surface area contributed by atoms with Gasteiger partial charge in [-0.2, -0.15) is 0 Å². The van der Waals surface area contributed by atoms with Gasteiger partial charge in [0.25, 0.3) is 10.0 Å². The first-order valence-electron chi connectivity index (χ1n) is 11.1. The van der Waals surface area contributed by atoms with E-state index >= 15 is 0 Å². The third-order valence-electron chi connectivity index (χ3n) is 6.01. The molecule has 0 atom stereocenters. The lowest BCUT2D eigenvalue weighted by Gasteiger charge is -2.36. The van der Waals surface area contributed by atoms with Crippen molar-refractivity contribution in [3.63, 3.8) is 0 Å². The number of amides is 1. The Morgan fingerprint density at radius 1 is 1.00 bits per heavy atom. The summed E-state index contributed by atoms with van der Waals surface area (Å²) in [6.45, 7) is 2.64. The number of benzene rings is 2. The Bertz CT molecular complexity index is 1310. The highest BCUT2D eigenvalue weighted by Crippen LogP contribution is 2.33. The molecular formula is C24H24FN3O5S2. The second-order valence-electron chi connectivity index (χ2n) is 8.24. The number of thiophene rings is 1. The number of rotatable bonds is 7. The van der Waals surface area contributed by atoms with Crippen LogP contribution >= 0.6 is 11.3 Å². The van der Waals surface area contributed by atoms with Crippen molar-refractivity contribution in [2.75, 3.05) is 43.8 Å². The second kappa shape index (κ2) is 9.84. The number of piperazine rings is 1. The minimum absolute atomic E-state index is 0.0575. The molecule has 1 amide bonds. The van der Waals surface area contributed by atoms with E-state index in [0.717, 1.165) is 32.7 Å². The average Bonchev–Trinajstić information content (AvgIpc) is 3.56. The van der Waals surface area contributed by atoms with E-state index in [2.05, 4.69) is 4.90 Å². The number of carbonyl (C=O) groups is 1. The smallest absolute Gasteiger partial charge is 0.274 e. The average molecular weight is 518 g/mol. The van der Waals surface area contributed by atoms with E-state index in [1.807, 2.05) is 18.2 Å². The number of carbonyl (C=O) groups excluding carboxylic acids is 1. The quantitative estimate of drug-likeness (QED) is 0.479. The minimum atomic E-state index is -4.09. The maximum absolute atomic E-state index is 14.6. The van der Waals surface area contributed by atoms with E-state index in [4.69, 9.17) is 9.47 Å². The normalized spacial score (nSPS) is 15.9. The Kier molecular flexibility index (Phi) is 6.63. The van der Waals surface area contributed by atoms with Crippen molar-refractivity contribution in [2.24, 2.45) is 0 Å². The fraction of sp³-hybridized carbons (Fsp3) is 0.292. The van der Waals surface area contributed by atoms with Gasteiger partial charge in [-0.1, -0.05) is 24.3 Å². The Labute approximate surface area is 207 Å². The third-order valence-corrected chi connectivity index (χ3v) is 9.14. The lowest BCUT2D eigenvalue weighted by Crippen LogP contribution is -2.51. The zero-order valence-corrected chi connectivity index (χ0v) is 20.4. The number of hydrogen-bond donors (Lipinski definition) is 0. The number of hydrogen-bond acceptors (Lipinski definition) is 7. The Morgan fingerprint density at radius 3 is 2.51 bits per heavy atom. The number of anilines is 1. The third kappa shape index (κ3) is 4.97. The fourth-order valence-electron chi connectivity index (χ4n) is 4.15. The first-order valence-corrected chi connectivity index (χ1v) is 13.4. The molecule has 1 fully saturated rings. The van der Waals surface area contributed by atoms with Crippen LogP contribution in [0.2, 0.25) is 0 Å². The van der Waals surface area contributed by atoms with Gasteiger partial charge >= 0.3 is 0 Å². The van der Waals surface area contributed by atoms with Gasteiger partial charge in [-0.25, -0.2) is 12.8 Å². The van der Waals surface area contributed by atoms with Gasteiger partial charge in [-0.15, -0.1) is 11.3 Å². The van der Waals surface area contributed by atoms with Crippen LogP contribution in [0.4, 0.5) is 10.1 Å². The highest BCUT2D eigenvalue weighted by atomic mass is 32.2. The summed E-state index contributed by atoms with van der Waals surface area (Å²) in [5.41, 5.74) is 0.942. The molecule has 5 rings (SSSR count). The molecule has 0 bridgehead atoms. The first-order chi connectivity index (χ1) is 16.9. The zero-order chi connectivity index (χ0) is 24.4. The van der Waals surface area contributed by atoms with E-state index in [-0.39, 0.29) is 22.6 Å². The summed E-state index contributed by atoms with van der Waals surface area (Å²) < 4.78 is 52.9. The minimum Gasteiger partial charge on any atom is -0.454 e. The standard InChI is InChI=1S/C24H24FN3O5S2/c25-19-4-1-2-5-20(19)28(35(30,31)24-6-3-13-34-24)16-23(29)27-11-9-26(10-12-27)15-18-7-8-21-22(14-18)33-17-32-21/h1-8,13-14H,9-12,15-17H2. The molecule has 8 nitrogen and oxygen atoms in total. The number of halogens is 1. The van der Waals surface area contributed by atoms with Gasteiger partial charge in [-0.3, -0.25) is 14.0 Å². The van der Waals surface area contributed by atoms with Crippen molar-refractivity contribution < 1.29 is 27.1 Å².